The molecule has 0 heterocycles. The molecule has 1 saturated carbocycles. The van der Waals surface area contributed by atoms with Crippen LogP contribution < -0.4 is 0 Å². The second kappa shape index (κ2) is 42.2. The van der Waals surface area contributed by atoms with Crippen molar-refractivity contribution in [2.45, 2.75) is 238 Å². The van der Waals surface area contributed by atoms with Crippen molar-refractivity contribution in [3.8, 4) is 0 Å². The second-order valence-corrected chi connectivity index (χ2v) is 18.8. The lowest BCUT2D eigenvalue weighted by atomic mass is 10.0. The Morgan fingerprint density at radius 2 is 1.08 bits per heavy atom. The smallest absolute Gasteiger partial charge is 0.306 e. The molecular weight excluding hydrogens is 823 g/mol. The fourth-order valence-corrected chi connectivity index (χ4v) is 8.09. The van der Waals surface area contributed by atoms with Crippen LogP contribution in [0.15, 0.2) is 24.3 Å². The molecule has 0 amide bonds. The first-order valence-electron chi connectivity index (χ1n) is 26.4. The highest BCUT2D eigenvalue weighted by Crippen LogP contribution is 2.31. The van der Waals surface area contributed by atoms with E-state index in [1.54, 1.807) is 0 Å². The van der Waals surface area contributed by atoms with Crippen molar-refractivity contribution in [1.82, 2.24) is 4.90 Å². The summed E-state index contributed by atoms with van der Waals surface area (Å²) in [6.07, 6.45) is 36.0. The molecule has 11 nitrogen and oxygen atoms in total. The van der Waals surface area contributed by atoms with Crippen LogP contribution in [-0.4, -0.2) is 87.4 Å². The van der Waals surface area contributed by atoms with Crippen LogP contribution in [0.4, 0.5) is 0 Å². The standard InChI is InChI=1S/C54H95NO10/c1-6-9-12-13-14-15-16-17-18-19-20-21-22-23-24-27-32-48(39-41-61-54(60)43-46-37-38-49(42-46)65-53(59)36-30-40-55(4)5)64-52(58)35-29-28-31-47(44-62-50(56)33-25-10-7-2)45-63-51(57)34-26-11-8-3/h14-15,17-18,46-49H,6-13,16,19-45H2,1-5H3/b15-14-,18-17-. The largest absolute Gasteiger partial charge is 0.466 e. The Bertz CT molecular complexity index is 1260. The van der Waals surface area contributed by atoms with Gasteiger partial charge in [-0.2, -0.15) is 0 Å². The van der Waals surface area contributed by atoms with Crippen molar-refractivity contribution in [3.05, 3.63) is 24.3 Å². The quantitative estimate of drug-likeness (QED) is 0.0250. The molecule has 3 atom stereocenters. The highest BCUT2D eigenvalue weighted by Gasteiger charge is 2.29. The summed E-state index contributed by atoms with van der Waals surface area (Å²) < 4.78 is 28.5. The maximum absolute atomic E-state index is 13.2. The molecule has 0 aromatic heterocycles. The van der Waals surface area contributed by atoms with Gasteiger partial charge in [0.05, 0.1) is 19.8 Å². The minimum Gasteiger partial charge on any atom is -0.466 e. The van der Waals surface area contributed by atoms with Gasteiger partial charge in [0, 0.05) is 44.4 Å². The van der Waals surface area contributed by atoms with E-state index in [2.05, 4.69) is 45.1 Å². The van der Waals surface area contributed by atoms with Crippen molar-refractivity contribution < 1.29 is 47.7 Å². The lowest BCUT2D eigenvalue weighted by molar-refractivity contribution is -0.152. The summed E-state index contributed by atoms with van der Waals surface area (Å²) in [6.45, 7) is 7.83. The third-order valence-corrected chi connectivity index (χ3v) is 12.1. The molecule has 0 bridgehead atoms. The van der Waals surface area contributed by atoms with Gasteiger partial charge < -0.3 is 28.6 Å². The van der Waals surface area contributed by atoms with Gasteiger partial charge in [-0.05, 0) is 123 Å². The maximum Gasteiger partial charge on any atom is 0.306 e. The fraction of sp³-hybridized carbons (Fsp3) is 0.833. The summed E-state index contributed by atoms with van der Waals surface area (Å²) in [4.78, 5) is 65.0. The van der Waals surface area contributed by atoms with Gasteiger partial charge in [-0.15, -0.1) is 0 Å². The molecule has 1 fully saturated rings. The van der Waals surface area contributed by atoms with Crippen LogP contribution in [0.2, 0.25) is 0 Å². The normalized spacial score (nSPS) is 15.6. The minimum absolute atomic E-state index is 0.129. The van der Waals surface area contributed by atoms with E-state index >= 15 is 0 Å². The molecule has 65 heavy (non-hydrogen) atoms. The lowest BCUT2D eigenvalue weighted by Gasteiger charge is -2.19. The summed E-state index contributed by atoms with van der Waals surface area (Å²) in [7, 11) is 3.97. The van der Waals surface area contributed by atoms with E-state index in [0.29, 0.717) is 57.8 Å². The van der Waals surface area contributed by atoms with Gasteiger partial charge >= 0.3 is 29.8 Å². The molecular formula is C54H95NO10. The molecule has 0 aromatic carbocycles. The molecule has 0 saturated heterocycles. The zero-order chi connectivity index (χ0) is 47.6. The van der Waals surface area contributed by atoms with E-state index in [1.165, 1.54) is 44.9 Å². The molecule has 1 aliphatic rings. The van der Waals surface area contributed by atoms with Crippen LogP contribution in [0.3, 0.4) is 0 Å². The molecule has 3 unspecified atom stereocenters. The predicted molar refractivity (Wildman–Crippen MR) is 261 cm³/mol. The highest BCUT2D eigenvalue weighted by atomic mass is 16.6. The number of nitrogens with zero attached hydrogens (tertiary/aromatic N) is 1. The van der Waals surface area contributed by atoms with E-state index in [1.807, 2.05) is 19.0 Å². The van der Waals surface area contributed by atoms with Crippen LogP contribution in [0, 0.1) is 11.8 Å². The number of carbonyl (C=O) groups excluding carboxylic acids is 5. The number of allylic oxidation sites excluding steroid dienone is 4. The van der Waals surface area contributed by atoms with Crippen LogP contribution >= 0.6 is 0 Å². The average Bonchev–Trinajstić information content (AvgIpc) is 3.71. The number of rotatable bonds is 43. The van der Waals surface area contributed by atoms with E-state index in [4.69, 9.17) is 23.7 Å². The number of esters is 5. The molecule has 1 rings (SSSR count). The summed E-state index contributed by atoms with van der Waals surface area (Å²) in [5.41, 5.74) is 0. The fourth-order valence-electron chi connectivity index (χ4n) is 8.09. The molecule has 0 spiro atoms. The Kier molecular flexibility index (Phi) is 38.8. The first-order valence-corrected chi connectivity index (χ1v) is 26.4. The Labute approximate surface area is 396 Å². The number of hydrogen-bond donors (Lipinski definition) is 0. The summed E-state index contributed by atoms with van der Waals surface area (Å²) in [5.74, 6) is -1.16. The molecule has 0 N–H and O–H groups in total. The van der Waals surface area contributed by atoms with Gasteiger partial charge in [-0.25, -0.2) is 0 Å². The Morgan fingerprint density at radius 3 is 1.71 bits per heavy atom. The molecule has 0 aliphatic heterocycles. The van der Waals surface area contributed by atoms with E-state index in [0.717, 1.165) is 103 Å². The molecule has 376 valence electrons. The number of ether oxygens (including phenoxy) is 5. The summed E-state index contributed by atoms with van der Waals surface area (Å²) >= 11 is 0. The van der Waals surface area contributed by atoms with Gasteiger partial charge in [0.2, 0.25) is 0 Å². The van der Waals surface area contributed by atoms with Crippen molar-refractivity contribution in [2.75, 3.05) is 40.5 Å². The van der Waals surface area contributed by atoms with Gasteiger partial charge in [0.1, 0.15) is 12.2 Å². The maximum atomic E-state index is 13.2. The van der Waals surface area contributed by atoms with E-state index in [-0.39, 0.29) is 80.1 Å². The third-order valence-electron chi connectivity index (χ3n) is 12.1. The third kappa shape index (κ3) is 37.6. The molecule has 0 aromatic rings. The van der Waals surface area contributed by atoms with Crippen molar-refractivity contribution in [2.24, 2.45) is 11.8 Å². The van der Waals surface area contributed by atoms with Crippen molar-refractivity contribution >= 4 is 29.8 Å². The van der Waals surface area contributed by atoms with E-state index < -0.39 is 0 Å². The first-order chi connectivity index (χ1) is 31.6. The zero-order valence-corrected chi connectivity index (χ0v) is 42.1. The zero-order valence-electron chi connectivity index (χ0n) is 42.1. The minimum atomic E-state index is -0.337. The number of unbranched alkanes of at least 4 members (excludes halogenated alkanes) is 14. The SMILES string of the molecule is CCCCC/C=C\C/C=C\CCCCCCCCC(CCOC(=O)CC1CCC(OC(=O)CCCN(C)C)C1)OC(=O)CCCCC(COC(=O)CCCCC)COC(=O)CCCCC. The topological polar surface area (TPSA) is 135 Å². The first kappa shape index (κ1) is 59.8. The Hall–Kier alpha value is -3.21. The lowest BCUT2D eigenvalue weighted by Crippen LogP contribution is -2.22. The Balaban J connectivity index is 2.60. The van der Waals surface area contributed by atoms with Gasteiger partial charge in [-0.1, -0.05) is 116 Å². The van der Waals surface area contributed by atoms with Crippen LogP contribution in [0.25, 0.3) is 0 Å². The Morgan fingerprint density at radius 1 is 0.538 bits per heavy atom. The van der Waals surface area contributed by atoms with Crippen molar-refractivity contribution in [1.29, 1.82) is 0 Å². The summed E-state index contributed by atoms with van der Waals surface area (Å²) in [6, 6.07) is 0. The van der Waals surface area contributed by atoms with E-state index in [9.17, 15) is 24.0 Å². The number of hydrogen-bond acceptors (Lipinski definition) is 11. The summed E-state index contributed by atoms with van der Waals surface area (Å²) in [5, 5.41) is 0. The average molecular weight is 918 g/mol. The van der Waals surface area contributed by atoms with Crippen LogP contribution in [-0.2, 0) is 47.7 Å². The number of carbonyl (C=O) groups is 5. The van der Waals surface area contributed by atoms with Gasteiger partial charge in [-0.3, -0.25) is 24.0 Å². The van der Waals surface area contributed by atoms with Crippen molar-refractivity contribution in [3.63, 3.8) is 0 Å². The highest BCUT2D eigenvalue weighted by molar-refractivity contribution is 5.71. The molecule has 0 radical (unpaired) electrons. The monoisotopic (exact) mass is 918 g/mol. The molecule has 11 heteroatoms. The molecule has 1 aliphatic carbocycles. The van der Waals surface area contributed by atoms with Crippen LogP contribution in [0.1, 0.15) is 226 Å². The van der Waals surface area contributed by atoms with Gasteiger partial charge in [0.25, 0.3) is 0 Å². The second-order valence-electron chi connectivity index (χ2n) is 18.8. The predicted octanol–water partition coefficient (Wildman–Crippen LogP) is 12.9. The van der Waals surface area contributed by atoms with Gasteiger partial charge in [0.15, 0.2) is 0 Å². The van der Waals surface area contributed by atoms with Crippen LogP contribution in [0.5, 0.6) is 0 Å².